The number of hydrogen-bond acceptors (Lipinski definition) is 2. The fourth-order valence-corrected chi connectivity index (χ4v) is 3.48. The lowest BCUT2D eigenvalue weighted by molar-refractivity contribution is 0.0830. The van der Waals surface area contributed by atoms with Crippen molar-refractivity contribution in [1.82, 2.24) is 0 Å². The molecule has 0 saturated heterocycles. The lowest BCUT2D eigenvalue weighted by atomic mass is 10.0. The molecule has 0 heterocycles. The van der Waals surface area contributed by atoms with E-state index in [4.69, 9.17) is 10.5 Å². The van der Waals surface area contributed by atoms with E-state index in [1.54, 1.807) is 0 Å². The summed E-state index contributed by atoms with van der Waals surface area (Å²) < 4.78 is 5.89. The topological polar surface area (TPSA) is 35.2 Å². The van der Waals surface area contributed by atoms with Gasteiger partial charge in [-0.2, -0.15) is 0 Å². The van der Waals surface area contributed by atoms with Crippen molar-refractivity contribution in [3.8, 4) is 5.75 Å². The van der Waals surface area contributed by atoms with Crippen LogP contribution in [0.2, 0.25) is 0 Å². The van der Waals surface area contributed by atoms with Gasteiger partial charge in [-0.3, -0.25) is 5.73 Å². The van der Waals surface area contributed by atoms with Gasteiger partial charge < -0.3 is 4.74 Å². The van der Waals surface area contributed by atoms with Gasteiger partial charge in [-0.1, -0.05) is 109 Å². The molecule has 0 radical (unpaired) electrons. The molecule has 2 nitrogen and oxygen atoms in total. The van der Waals surface area contributed by atoms with Gasteiger partial charge >= 0.3 is 0 Å². The van der Waals surface area contributed by atoms with Gasteiger partial charge in [0.05, 0.1) is 0 Å². The smallest absolute Gasteiger partial charge is 0.155 e. The number of rotatable bonds is 17. The minimum absolute atomic E-state index is 0. The highest BCUT2D eigenvalue weighted by molar-refractivity contribution is 5.85. The predicted molar refractivity (Wildman–Crippen MR) is 122 cm³/mol. The molecule has 1 aromatic carbocycles. The van der Waals surface area contributed by atoms with Crippen molar-refractivity contribution >= 4 is 12.4 Å². The fourth-order valence-electron chi connectivity index (χ4n) is 3.48. The summed E-state index contributed by atoms with van der Waals surface area (Å²) in [4.78, 5) is 0. The second kappa shape index (κ2) is 17.4. The second-order valence-electron chi connectivity index (χ2n) is 8.07. The summed E-state index contributed by atoms with van der Waals surface area (Å²) in [6, 6.07) is 9.90. The lowest BCUT2D eigenvalue weighted by Crippen LogP contribution is -2.42. The summed E-state index contributed by atoms with van der Waals surface area (Å²) in [7, 11) is 0. The maximum absolute atomic E-state index is 6.27. The van der Waals surface area contributed by atoms with E-state index >= 15 is 0 Å². The Morgan fingerprint density at radius 2 is 1.11 bits per heavy atom. The van der Waals surface area contributed by atoms with E-state index in [1.807, 2.05) is 37.3 Å². The Hall–Kier alpha value is -0.730. The molecule has 1 rings (SSSR count). The van der Waals surface area contributed by atoms with Crippen molar-refractivity contribution in [2.45, 2.75) is 116 Å². The Kier molecular flexibility index (Phi) is 16.9. The van der Waals surface area contributed by atoms with Gasteiger partial charge in [0.1, 0.15) is 5.75 Å². The first-order valence-corrected chi connectivity index (χ1v) is 11.2. The molecule has 0 spiro atoms. The number of unbranched alkanes of at least 4 members (excludes halogenated alkanes) is 13. The number of halogens is 1. The Morgan fingerprint density at radius 1 is 0.704 bits per heavy atom. The van der Waals surface area contributed by atoms with Gasteiger partial charge in [0.15, 0.2) is 5.72 Å². The predicted octanol–water partition coefficient (Wildman–Crippen LogP) is 8.03. The zero-order chi connectivity index (χ0) is 18.9. The monoisotopic (exact) mass is 397 g/mol. The Labute approximate surface area is 175 Å². The zero-order valence-corrected chi connectivity index (χ0v) is 18.7. The Bertz CT molecular complexity index is 422. The van der Waals surface area contributed by atoms with Crippen LogP contribution < -0.4 is 10.5 Å². The standard InChI is InChI=1S/C24H43NO.ClH/c1-3-4-5-6-7-8-9-10-11-12-13-14-15-19-22-24(2,25)26-23-20-17-16-18-21-23;/h16-18,20-21H,3-15,19,22,25H2,1-2H3;1H. The maximum Gasteiger partial charge on any atom is 0.155 e. The lowest BCUT2D eigenvalue weighted by Gasteiger charge is -2.26. The third kappa shape index (κ3) is 16.0. The molecule has 0 aliphatic rings. The molecule has 158 valence electrons. The third-order valence-electron chi connectivity index (χ3n) is 5.12. The number of para-hydroxylation sites is 1. The van der Waals surface area contributed by atoms with Crippen LogP contribution in [-0.4, -0.2) is 5.72 Å². The highest BCUT2D eigenvalue weighted by Crippen LogP contribution is 2.20. The van der Waals surface area contributed by atoms with E-state index in [2.05, 4.69) is 6.92 Å². The van der Waals surface area contributed by atoms with Crippen molar-refractivity contribution in [2.24, 2.45) is 5.73 Å². The molecule has 0 bridgehead atoms. The Balaban J connectivity index is 0.00000676. The first-order valence-electron chi connectivity index (χ1n) is 11.2. The fraction of sp³-hybridized carbons (Fsp3) is 0.750. The van der Waals surface area contributed by atoms with Crippen LogP contribution in [0.5, 0.6) is 5.75 Å². The highest BCUT2D eigenvalue weighted by Gasteiger charge is 2.19. The molecule has 27 heavy (non-hydrogen) atoms. The van der Waals surface area contributed by atoms with Gasteiger partial charge in [0.25, 0.3) is 0 Å². The number of ether oxygens (including phenoxy) is 1. The van der Waals surface area contributed by atoms with E-state index in [0.29, 0.717) is 0 Å². The van der Waals surface area contributed by atoms with E-state index in [0.717, 1.165) is 18.6 Å². The first-order chi connectivity index (χ1) is 12.6. The minimum atomic E-state index is -0.557. The largest absolute Gasteiger partial charge is 0.473 e. The quantitative estimate of drug-likeness (QED) is 0.213. The van der Waals surface area contributed by atoms with Crippen molar-refractivity contribution in [1.29, 1.82) is 0 Å². The molecule has 2 N–H and O–H groups in total. The highest BCUT2D eigenvalue weighted by atomic mass is 35.5. The van der Waals surface area contributed by atoms with E-state index in [9.17, 15) is 0 Å². The van der Waals surface area contributed by atoms with Crippen LogP contribution in [0.3, 0.4) is 0 Å². The van der Waals surface area contributed by atoms with Crippen LogP contribution >= 0.6 is 12.4 Å². The molecule has 3 heteroatoms. The van der Waals surface area contributed by atoms with E-state index < -0.39 is 5.72 Å². The molecule has 0 aromatic heterocycles. The third-order valence-corrected chi connectivity index (χ3v) is 5.12. The van der Waals surface area contributed by atoms with Crippen molar-refractivity contribution in [3.05, 3.63) is 30.3 Å². The van der Waals surface area contributed by atoms with E-state index in [1.165, 1.54) is 83.5 Å². The molecular formula is C24H44ClNO. The zero-order valence-electron chi connectivity index (χ0n) is 17.9. The summed E-state index contributed by atoms with van der Waals surface area (Å²) in [5, 5.41) is 0. The van der Waals surface area contributed by atoms with Gasteiger partial charge in [0, 0.05) is 6.42 Å². The molecule has 1 aromatic rings. The van der Waals surface area contributed by atoms with Crippen LogP contribution in [-0.2, 0) is 0 Å². The Morgan fingerprint density at radius 3 is 1.56 bits per heavy atom. The molecule has 1 atom stereocenters. The van der Waals surface area contributed by atoms with Crippen LogP contribution in [0.4, 0.5) is 0 Å². The van der Waals surface area contributed by atoms with Gasteiger partial charge in [0.2, 0.25) is 0 Å². The van der Waals surface area contributed by atoms with Crippen LogP contribution in [0.25, 0.3) is 0 Å². The molecule has 1 unspecified atom stereocenters. The molecule has 0 aliphatic carbocycles. The molecule has 0 saturated carbocycles. The second-order valence-corrected chi connectivity index (χ2v) is 8.07. The molecular weight excluding hydrogens is 354 g/mol. The summed E-state index contributed by atoms with van der Waals surface area (Å²) in [6.07, 6.45) is 20.3. The van der Waals surface area contributed by atoms with Gasteiger partial charge in [-0.25, -0.2) is 0 Å². The number of benzene rings is 1. The molecule has 0 fully saturated rings. The number of nitrogens with two attached hydrogens (primary N) is 1. The van der Waals surface area contributed by atoms with Crippen LogP contribution in [0.15, 0.2) is 30.3 Å². The van der Waals surface area contributed by atoms with Gasteiger partial charge in [-0.15, -0.1) is 12.4 Å². The van der Waals surface area contributed by atoms with Crippen LogP contribution in [0.1, 0.15) is 110 Å². The summed E-state index contributed by atoms with van der Waals surface area (Å²) in [6.45, 7) is 4.27. The summed E-state index contributed by atoms with van der Waals surface area (Å²) in [5.74, 6) is 0.864. The van der Waals surface area contributed by atoms with E-state index in [-0.39, 0.29) is 12.4 Å². The van der Waals surface area contributed by atoms with Crippen LogP contribution in [0, 0.1) is 0 Å². The molecule has 0 amide bonds. The maximum atomic E-state index is 6.27. The normalized spacial score (nSPS) is 13.0. The SMILES string of the molecule is CCCCCCCCCCCCCCCCC(C)(N)Oc1ccccc1.Cl. The van der Waals surface area contributed by atoms with Crippen molar-refractivity contribution < 1.29 is 4.74 Å². The van der Waals surface area contributed by atoms with Crippen molar-refractivity contribution in [2.75, 3.05) is 0 Å². The first kappa shape index (κ1) is 26.3. The van der Waals surface area contributed by atoms with Crippen molar-refractivity contribution in [3.63, 3.8) is 0 Å². The summed E-state index contributed by atoms with van der Waals surface area (Å²) >= 11 is 0. The van der Waals surface area contributed by atoms with Gasteiger partial charge in [-0.05, 0) is 25.5 Å². The average Bonchev–Trinajstić information content (AvgIpc) is 2.62. The molecule has 0 aliphatic heterocycles. The number of hydrogen-bond donors (Lipinski definition) is 1. The average molecular weight is 398 g/mol. The minimum Gasteiger partial charge on any atom is -0.473 e. The summed E-state index contributed by atoms with van der Waals surface area (Å²) in [5.41, 5.74) is 5.72.